The molecule has 0 fully saturated rings. The molecule has 0 radical (unpaired) electrons. The molecule has 8 heteroatoms. The highest BCUT2D eigenvalue weighted by atomic mass is 16.5. The first-order chi connectivity index (χ1) is 18.5. The maximum absolute atomic E-state index is 6.21. The second-order valence-electron chi connectivity index (χ2n) is 8.90. The lowest BCUT2D eigenvalue weighted by Gasteiger charge is -2.37. The topological polar surface area (TPSA) is 93.7 Å². The highest BCUT2D eigenvalue weighted by Crippen LogP contribution is 2.41. The molecule has 1 aliphatic heterocycles. The SMILES string of the molecule is CCN(CC)CCOc1ccc(C2(c3ccccc3OC)C=NC(N)N=C2Nc2ccccc2OC)cc1. The number of nitrogens with two attached hydrogens (primary N) is 1. The van der Waals surface area contributed by atoms with Crippen LogP contribution in [0.25, 0.3) is 0 Å². The summed E-state index contributed by atoms with van der Waals surface area (Å²) in [6, 6.07) is 23.6. The molecule has 1 heterocycles. The van der Waals surface area contributed by atoms with Crippen molar-refractivity contribution in [1.29, 1.82) is 0 Å². The molecule has 0 saturated heterocycles. The molecule has 0 aromatic heterocycles. The van der Waals surface area contributed by atoms with Crippen LogP contribution in [0.5, 0.6) is 17.2 Å². The lowest BCUT2D eigenvalue weighted by Crippen LogP contribution is -2.47. The number of anilines is 1. The number of hydrogen-bond acceptors (Lipinski definition) is 8. The van der Waals surface area contributed by atoms with E-state index in [1.54, 1.807) is 14.2 Å². The first-order valence-electron chi connectivity index (χ1n) is 12.9. The highest BCUT2D eigenvalue weighted by Gasteiger charge is 2.43. The van der Waals surface area contributed by atoms with Crippen LogP contribution in [-0.2, 0) is 5.41 Å². The van der Waals surface area contributed by atoms with Crippen molar-refractivity contribution in [1.82, 2.24) is 4.90 Å². The van der Waals surface area contributed by atoms with Crippen molar-refractivity contribution in [2.45, 2.75) is 25.6 Å². The standard InChI is InChI=1S/C30H37N5O3/c1-5-35(6-2)19-20-38-23-17-15-22(16-18-23)30(24-11-7-9-13-26(24)36-3)21-32-29(31)34-28(30)33-25-12-8-10-14-27(25)37-4/h7-18,21,29H,5-6,19-20,31H2,1-4H3,(H,33,34). The van der Waals surface area contributed by atoms with Gasteiger partial charge in [-0.25, -0.2) is 4.99 Å². The van der Waals surface area contributed by atoms with Crippen LogP contribution >= 0.6 is 0 Å². The number of likely N-dealkylation sites (N-methyl/N-ethyl adjacent to an activating group) is 1. The van der Waals surface area contributed by atoms with Crippen molar-refractivity contribution in [3.63, 3.8) is 0 Å². The fourth-order valence-electron chi connectivity index (χ4n) is 4.70. The van der Waals surface area contributed by atoms with E-state index < -0.39 is 11.7 Å². The number of rotatable bonds is 11. The van der Waals surface area contributed by atoms with Gasteiger partial charge in [-0.05, 0) is 49.0 Å². The van der Waals surface area contributed by atoms with E-state index in [-0.39, 0.29) is 0 Å². The molecule has 8 nitrogen and oxygen atoms in total. The molecule has 0 aliphatic carbocycles. The summed E-state index contributed by atoms with van der Waals surface area (Å²) in [5.74, 6) is 2.82. The molecular weight excluding hydrogens is 478 g/mol. The van der Waals surface area contributed by atoms with Crippen molar-refractivity contribution in [2.24, 2.45) is 15.7 Å². The fraction of sp³-hybridized carbons (Fsp3) is 0.333. The Hall–Kier alpha value is -3.88. The summed E-state index contributed by atoms with van der Waals surface area (Å²) >= 11 is 0. The Bertz CT molecular complexity index is 1260. The average Bonchev–Trinajstić information content (AvgIpc) is 2.96. The second-order valence-corrected chi connectivity index (χ2v) is 8.90. The number of nitrogens with zero attached hydrogens (tertiary/aromatic N) is 3. The van der Waals surface area contributed by atoms with E-state index in [2.05, 4.69) is 29.1 Å². The Morgan fingerprint density at radius 1 is 0.895 bits per heavy atom. The van der Waals surface area contributed by atoms with Crippen molar-refractivity contribution in [3.8, 4) is 17.2 Å². The van der Waals surface area contributed by atoms with E-state index >= 15 is 0 Å². The van der Waals surface area contributed by atoms with Crippen LogP contribution in [0, 0.1) is 0 Å². The quantitative estimate of drug-likeness (QED) is 0.389. The lowest BCUT2D eigenvalue weighted by atomic mass is 9.73. The summed E-state index contributed by atoms with van der Waals surface area (Å²) in [7, 11) is 3.30. The molecule has 3 N–H and O–H groups in total. The highest BCUT2D eigenvalue weighted by molar-refractivity contribution is 6.18. The van der Waals surface area contributed by atoms with Gasteiger partial charge in [0.25, 0.3) is 0 Å². The van der Waals surface area contributed by atoms with Crippen LogP contribution in [0.2, 0.25) is 0 Å². The van der Waals surface area contributed by atoms with Gasteiger partial charge in [-0.2, -0.15) is 0 Å². The third-order valence-corrected chi connectivity index (χ3v) is 6.83. The number of ether oxygens (including phenoxy) is 3. The Morgan fingerprint density at radius 2 is 1.55 bits per heavy atom. The van der Waals surface area contributed by atoms with Crippen molar-refractivity contribution >= 4 is 17.7 Å². The van der Waals surface area contributed by atoms with Gasteiger partial charge in [-0.3, -0.25) is 10.7 Å². The molecule has 2 atom stereocenters. The number of hydrogen-bond donors (Lipinski definition) is 2. The number of aliphatic imine (C=N–C) groups is 2. The molecule has 4 rings (SSSR count). The van der Waals surface area contributed by atoms with Crippen LogP contribution < -0.4 is 25.3 Å². The minimum Gasteiger partial charge on any atom is -0.496 e. The Kier molecular flexibility index (Phi) is 8.99. The molecular formula is C30H37N5O3. The Morgan fingerprint density at radius 3 is 2.24 bits per heavy atom. The van der Waals surface area contributed by atoms with Crippen LogP contribution in [0.1, 0.15) is 25.0 Å². The van der Waals surface area contributed by atoms with Gasteiger partial charge in [-0.1, -0.05) is 56.3 Å². The lowest BCUT2D eigenvalue weighted by molar-refractivity contribution is 0.223. The molecule has 38 heavy (non-hydrogen) atoms. The van der Waals surface area contributed by atoms with E-state index in [0.29, 0.717) is 23.9 Å². The van der Waals surface area contributed by atoms with Crippen LogP contribution in [0.15, 0.2) is 82.8 Å². The maximum atomic E-state index is 6.21. The van der Waals surface area contributed by atoms with Crippen molar-refractivity contribution in [2.75, 3.05) is 45.8 Å². The summed E-state index contributed by atoms with van der Waals surface area (Å²) in [4.78, 5) is 11.7. The third kappa shape index (κ3) is 5.66. The summed E-state index contributed by atoms with van der Waals surface area (Å²) in [5, 5.41) is 3.51. The molecule has 0 bridgehead atoms. The zero-order valence-electron chi connectivity index (χ0n) is 22.6. The zero-order chi connectivity index (χ0) is 27.0. The van der Waals surface area contributed by atoms with Crippen LogP contribution in [-0.4, -0.2) is 63.7 Å². The molecule has 1 aliphatic rings. The van der Waals surface area contributed by atoms with Crippen LogP contribution in [0.3, 0.4) is 0 Å². The molecule has 2 unspecified atom stereocenters. The molecule has 200 valence electrons. The van der Waals surface area contributed by atoms with Gasteiger partial charge in [0.05, 0.1) is 19.9 Å². The second kappa shape index (κ2) is 12.6. The van der Waals surface area contributed by atoms with E-state index in [0.717, 1.165) is 42.2 Å². The number of methoxy groups -OCH3 is 2. The van der Waals surface area contributed by atoms with E-state index in [1.807, 2.05) is 79.0 Å². The number of para-hydroxylation sites is 3. The third-order valence-electron chi connectivity index (χ3n) is 6.83. The average molecular weight is 516 g/mol. The summed E-state index contributed by atoms with van der Waals surface area (Å²) < 4.78 is 17.5. The molecule has 0 spiro atoms. The van der Waals surface area contributed by atoms with E-state index in [9.17, 15) is 0 Å². The van der Waals surface area contributed by atoms with Gasteiger partial charge in [0.2, 0.25) is 0 Å². The fourth-order valence-corrected chi connectivity index (χ4v) is 4.70. The van der Waals surface area contributed by atoms with Crippen LogP contribution in [0.4, 0.5) is 5.69 Å². The van der Waals surface area contributed by atoms with Crippen molar-refractivity contribution < 1.29 is 14.2 Å². The molecule has 3 aromatic carbocycles. The first-order valence-corrected chi connectivity index (χ1v) is 12.9. The Balaban J connectivity index is 1.77. The number of amidine groups is 1. The van der Waals surface area contributed by atoms with Gasteiger partial charge in [-0.15, -0.1) is 0 Å². The number of nitrogens with one attached hydrogen (secondary N) is 1. The first kappa shape index (κ1) is 27.2. The summed E-state index contributed by atoms with van der Waals surface area (Å²) in [5.41, 5.74) is 7.91. The monoisotopic (exact) mass is 515 g/mol. The largest absolute Gasteiger partial charge is 0.496 e. The Labute approximate surface area is 225 Å². The van der Waals surface area contributed by atoms with Gasteiger partial charge in [0.15, 0.2) is 6.29 Å². The van der Waals surface area contributed by atoms with Gasteiger partial charge in [0, 0.05) is 18.3 Å². The smallest absolute Gasteiger partial charge is 0.192 e. The van der Waals surface area contributed by atoms with E-state index in [1.165, 1.54) is 0 Å². The zero-order valence-corrected chi connectivity index (χ0v) is 22.6. The minimum absolute atomic E-state index is 0.615. The summed E-state index contributed by atoms with van der Waals surface area (Å²) in [6.07, 6.45) is 1.12. The van der Waals surface area contributed by atoms with Gasteiger partial charge >= 0.3 is 0 Å². The van der Waals surface area contributed by atoms with E-state index in [4.69, 9.17) is 24.9 Å². The normalized spacial score (nSPS) is 18.7. The van der Waals surface area contributed by atoms with Crippen molar-refractivity contribution in [3.05, 3.63) is 83.9 Å². The van der Waals surface area contributed by atoms with Gasteiger partial charge in [0.1, 0.15) is 35.1 Å². The number of benzene rings is 3. The molecule has 3 aromatic rings. The minimum atomic E-state index is -0.900. The predicted molar refractivity (Wildman–Crippen MR) is 154 cm³/mol. The van der Waals surface area contributed by atoms with Gasteiger partial charge < -0.3 is 24.4 Å². The maximum Gasteiger partial charge on any atom is 0.192 e. The summed E-state index contributed by atoms with van der Waals surface area (Å²) in [6.45, 7) is 7.82. The predicted octanol–water partition coefficient (Wildman–Crippen LogP) is 4.55. The molecule has 0 amide bonds. The molecule has 0 saturated carbocycles.